The van der Waals surface area contributed by atoms with Gasteiger partial charge in [0, 0.05) is 5.56 Å². The van der Waals surface area contributed by atoms with E-state index in [-0.39, 0.29) is 12.2 Å². The van der Waals surface area contributed by atoms with Crippen molar-refractivity contribution in [1.82, 2.24) is 0 Å². The predicted molar refractivity (Wildman–Crippen MR) is 45.4 cm³/mol. The van der Waals surface area contributed by atoms with E-state index < -0.39 is 5.79 Å². The second kappa shape index (κ2) is 3.11. The summed E-state index contributed by atoms with van der Waals surface area (Å²) in [5.41, 5.74) is 5.73. The van der Waals surface area contributed by atoms with Gasteiger partial charge in [0.1, 0.15) is 5.75 Å². The van der Waals surface area contributed by atoms with Gasteiger partial charge in [0.05, 0.1) is 0 Å². The van der Waals surface area contributed by atoms with E-state index in [4.69, 9.17) is 10.8 Å². The van der Waals surface area contributed by atoms with Crippen LogP contribution in [0.15, 0.2) is 24.3 Å². The van der Waals surface area contributed by atoms with Crippen molar-refractivity contribution in [2.45, 2.75) is 19.1 Å². The molecule has 0 aliphatic heterocycles. The molecule has 1 aromatic carbocycles. The molecule has 3 heteroatoms. The first-order valence-electron chi connectivity index (χ1n) is 3.83. The van der Waals surface area contributed by atoms with Crippen molar-refractivity contribution in [3.63, 3.8) is 0 Å². The SMILES string of the molecule is CCC(N)(F)c1ccc(O)cc1. The maximum absolute atomic E-state index is 13.4. The number of benzene rings is 1. The Morgan fingerprint density at radius 1 is 1.42 bits per heavy atom. The molecule has 1 aromatic rings. The standard InChI is InChI=1S/C9H12FNO/c1-2-9(10,11)7-3-5-8(12)6-4-7/h3-6,12H,2,11H2,1H3. The fourth-order valence-electron chi connectivity index (χ4n) is 0.943. The van der Waals surface area contributed by atoms with Crippen LogP contribution in [0.4, 0.5) is 4.39 Å². The molecule has 2 nitrogen and oxygen atoms in total. The lowest BCUT2D eigenvalue weighted by Gasteiger charge is -2.18. The molecule has 12 heavy (non-hydrogen) atoms. The maximum atomic E-state index is 13.4. The van der Waals surface area contributed by atoms with E-state index in [1.54, 1.807) is 6.92 Å². The van der Waals surface area contributed by atoms with Crippen LogP contribution in [0.1, 0.15) is 18.9 Å². The number of hydrogen-bond acceptors (Lipinski definition) is 2. The Kier molecular flexibility index (Phi) is 2.33. The molecule has 0 heterocycles. The number of phenols is 1. The molecule has 0 spiro atoms. The highest BCUT2D eigenvalue weighted by Gasteiger charge is 2.23. The average molecular weight is 169 g/mol. The Morgan fingerprint density at radius 2 is 1.92 bits per heavy atom. The first kappa shape index (κ1) is 9.00. The van der Waals surface area contributed by atoms with E-state index in [9.17, 15) is 4.39 Å². The summed E-state index contributed by atoms with van der Waals surface area (Å²) >= 11 is 0. The van der Waals surface area contributed by atoms with Gasteiger partial charge < -0.3 is 5.11 Å². The van der Waals surface area contributed by atoms with Gasteiger partial charge >= 0.3 is 0 Å². The lowest BCUT2D eigenvalue weighted by molar-refractivity contribution is 0.168. The van der Waals surface area contributed by atoms with Gasteiger partial charge in [-0.05, 0) is 18.6 Å². The lowest BCUT2D eigenvalue weighted by atomic mass is 10.0. The highest BCUT2D eigenvalue weighted by molar-refractivity contribution is 5.29. The number of hydrogen-bond donors (Lipinski definition) is 2. The number of nitrogens with two attached hydrogens (primary N) is 1. The summed E-state index contributed by atoms with van der Waals surface area (Å²) in [4.78, 5) is 0. The highest BCUT2D eigenvalue weighted by Crippen LogP contribution is 2.24. The molecule has 0 fully saturated rings. The summed E-state index contributed by atoms with van der Waals surface area (Å²) < 4.78 is 13.4. The van der Waals surface area contributed by atoms with Crippen molar-refractivity contribution in [2.75, 3.05) is 0 Å². The second-order valence-corrected chi connectivity index (χ2v) is 2.76. The predicted octanol–water partition coefficient (Wildman–Crippen LogP) is 1.88. The molecule has 0 aromatic heterocycles. The van der Waals surface area contributed by atoms with Crippen LogP contribution in [0.25, 0.3) is 0 Å². The van der Waals surface area contributed by atoms with Crippen LogP contribution < -0.4 is 5.73 Å². The van der Waals surface area contributed by atoms with Crippen LogP contribution >= 0.6 is 0 Å². The Balaban J connectivity index is 2.96. The Morgan fingerprint density at radius 3 is 2.33 bits per heavy atom. The first-order chi connectivity index (χ1) is 5.56. The summed E-state index contributed by atoms with van der Waals surface area (Å²) in [6.07, 6.45) is 0.220. The summed E-state index contributed by atoms with van der Waals surface area (Å²) in [6.45, 7) is 1.67. The summed E-state index contributed by atoms with van der Waals surface area (Å²) in [6, 6.07) is 5.82. The van der Waals surface area contributed by atoms with Crippen molar-refractivity contribution in [3.05, 3.63) is 29.8 Å². The molecule has 1 atom stereocenters. The van der Waals surface area contributed by atoms with Crippen molar-refractivity contribution in [1.29, 1.82) is 0 Å². The van der Waals surface area contributed by atoms with Gasteiger partial charge in [-0.15, -0.1) is 0 Å². The van der Waals surface area contributed by atoms with Crippen molar-refractivity contribution in [3.8, 4) is 5.75 Å². The van der Waals surface area contributed by atoms with Crippen LogP contribution in [0.2, 0.25) is 0 Å². The van der Waals surface area contributed by atoms with E-state index in [1.807, 2.05) is 0 Å². The summed E-state index contributed by atoms with van der Waals surface area (Å²) in [7, 11) is 0. The Bertz CT molecular complexity index is 256. The van der Waals surface area contributed by atoms with Crippen LogP contribution in [0, 0.1) is 0 Å². The molecule has 1 rings (SSSR count). The minimum atomic E-state index is -1.78. The Labute approximate surface area is 70.8 Å². The van der Waals surface area contributed by atoms with E-state index >= 15 is 0 Å². The van der Waals surface area contributed by atoms with Crippen molar-refractivity contribution < 1.29 is 9.50 Å². The monoisotopic (exact) mass is 169 g/mol. The zero-order valence-corrected chi connectivity index (χ0v) is 6.92. The molecule has 0 amide bonds. The summed E-state index contributed by atoms with van der Waals surface area (Å²) in [5.74, 6) is -1.67. The Hall–Kier alpha value is -1.09. The van der Waals surface area contributed by atoms with E-state index in [0.717, 1.165) is 0 Å². The molecule has 0 aliphatic carbocycles. The minimum Gasteiger partial charge on any atom is -0.508 e. The molecule has 3 N–H and O–H groups in total. The zero-order valence-electron chi connectivity index (χ0n) is 6.92. The minimum absolute atomic E-state index is 0.116. The van der Waals surface area contributed by atoms with Crippen LogP contribution in [0.3, 0.4) is 0 Å². The number of aromatic hydroxyl groups is 1. The smallest absolute Gasteiger partial charge is 0.184 e. The molecule has 0 saturated carbocycles. The first-order valence-corrected chi connectivity index (χ1v) is 3.83. The van der Waals surface area contributed by atoms with Gasteiger partial charge in [0.25, 0.3) is 0 Å². The van der Waals surface area contributed by atoms with Gasteiger partial charge in [-0.3, -0.25) is 5.73 Å². The fourth-order valence-corrected chi connectivity index (χ4v) is 0.943. The van der Waals surface area contributed by atoms with Crippen LogP contribution in [0.5, 0.6) is 5.75 Å². The normalized spacial score (nSPS) is 15.6. The fraction of sp³-hybridized carbons (Fsp3) is 0.333. The van der Waals surface area contributed by atoms with Gasteiger partial charge in [0.2, 0.25) is 0 Å². The third-order valence-electron chi connectivity index (χ3n) is 1.86. The number of phenolic OH excluding ortho intramolecular Hbond substituents is 1. The van der Waals surface area contributed by atoms with Gasteiger partial charge in [-0.25, -0.2) is 4.39 Å². The molecule has 0 radical (unpaired) electrons. The molecular weight excluding hydrogens is 157 g/mol. The molecular formula is C9H12FNO. The maximum Gasteiger partial charge on any atom is 0.184 e. The van der Waals surface area contributed by atoms with Crippen molar-refractivity contribution >= 4 is 0 Å². The quantitative estimate of drug-likeness (QED) is 0.664. The third-order valence-corrected chi connectivity index (χ3v) is 1.86. The van der Waals surface area contributed by atoms with E-state index in [0.29, 0.717) is 5.56 Å². The van der Waals surface area contributed by atoms with E-state index in [1.165, 1.54) is 24.3 Å². The number of rotatable bonds is 2. The molecule has 1 unspecified atom stereocenters. The van der Waals surface area contributed by atoms with Crippen LogP contribution in [-0.4, -0.2) is 5.11 Å². The lowest BCUT2D eigenvalue weighted by Crippen LogP contribution is -2.30. The van der Waals surface area contributed by atoms with Crippen molar-refractivity contribution in [2.24, 2.45) is 5.73 Å². The van der Waals surface area contributed by atoms with E-state index in [2.05, 4.69) is 0 Å². The molecule has 0 aliphatic rings. The number of halogens is 1. The number of alkyl halides is 1. The third kappa shape index (κ3) is 1.74. The second-order valence-electron chi connectivity index (χ2n) is 2.76. The largest absolute Gasteiger partial charge is 0.508 e. The highest BCUT2D eigenvalue weighted by atomic mass is 19.1. The topological polar surface area (TPSA) is 46.2 Å². The molecule has 0 bridgehead atoms. The van der Waals surface area contributed by atoms with Gasteiger partial charge in [0.15, 0.2) is 5.79 Å². The zero-order chi connectivity index (χ0) is 9.19. The molecule has 0 saturated heterocycles. The van der Waals surface area contributed by atoms with Gasteiger partial charge in [-0.1, -0.05) is 19.1 Å². The van der Waals surface area contributed by atoms with Crippen LogP contribution in [-0.2, 0) is 5.79 Å². The van der Waals surface area contributed by atoms with Gasteiger partial charge in [-0.2, -0.15) is 0 Å². The average Bonchev–Trinajstić information content (AvgIpc) is 2.05. The molecule has 66 valence electrons. The summed E-state index contributed by atoms with van der Waals surface area (Å²) in [5, 5.41) is 8.93.